The molecule has 4 aliphatic rings. The first-order valence-electron chi connectivity index (χ1n) is 11.9. The van der Waals surface area contributed by atoms with Crippen LogP contribution >= 0.6 is 11.6 Å². The lowest BCUT2D eigenvalue weighted by atomic mass is 9.77. The van der Waals surface area contributed by atoms with E-state index in [1.807, 2.05) is 12.1 Å². The SMILES string of the molecule is O=S1CCc2nc(N3CC4CCC(C3)C4c3ccc(Cl)cc3)cc(NC3(CO)CCC3)c21. The van der Waals surface area contributed by atoms with Gasteiger partial charge in [-0.25, -0.2) is 4.98 Å². The van der Waals surface area contributed by atoms with Crippen LogP contribution in [-0.2, 0) is 17.2 Å². The Morgan fingerprint density at radius 2 is 1.91 bits per heavy atom. The molecule has 2 aliphatic heterocycles. The molecule has 5 nitrogen and oxygen atoms in total. The van der Waals surface area contributed by atoms with Gasteiger partial charge < -0.3 is 15.3 Å². The normalized spacial score (nSPS) is 30.1. The average Bonchev–Trinajstić information content (AvgIpc) is 3.27. The van der Waals surface area contributed by atoms with Gasteiger partial charge in [-0.05, 0) is 67.6 Å². The molecule has 1 saturated heterocycles. The van der Waals surface area contributed by atoms with Crippen LogP contribution in [0.5, 0.6) is 0 Å². The first-order valence-corrected chi connectivity index (χ1v) is 13.6. The highest BCUT2D eigenvalue weighted by atomic mass is 35.5. The van der Waals surface area contributed by atoms with Crippen molar-refractivity contribution in [2.24, 2.45) is 11.8 Å². The average molecular weight is 472 g/mol. The lowest BCUT2D eigenvalue weighted by Crippen LogP contribution is -2.48. The number of benzene rings is 1. The number of aromatic nitrogens is 1. The van der Waals surface area contributed by atoms with Crippen molar-refractivity contribution >= 4 is 33.9 Å². The summed E-state index contributed by atoms with van der Waals surface area (Å²) in [5, 5.41) is 14.4. The van der Waals surface area contributed by atoms with Gasteiger partial charge in [0.05, 0.1) is 39.2 Å². The zero-order valence-electron chi connectivity index (χ0n) is 18.2. The Hall–Kier alpha value is -1.63. The molecule has 2 bridgehead atoms. The maximum Gasteiger partial charge on any atom is 0.130 e. The third-order valence-corrected chi connectivity index (χ3v) is 9.95. The minimum Gasteiger partial charge on any atom is -0.394 e. The molecule has 3 heterocycles. The highest BCUT2D eigenvalue weighted by molar-refractivity contribution is 7.85. The van der Waals surface area contributed by atoms with Gasteiger partial charge in [0.1, 0.15) is 5.82 Å². The maximum absolute atomic E-state index is 12.7. The Kier molecular flexibility index (Phi) is 5.23. The number of aliphatic hydroxyl groups is 1. The van der Waals surface area contributed by atoms with Crippen molar-refractivity contribution in [3.05, 3.63) is 46.6 Å². The lowest BCUT2D eigenvalue weighted by molar-refractivity contribution is 0.144. The van der Waals surface area contributed by atoms with Gasteiger partial charge >= 0.3 is 0 Å². The topological polar surface area (TPSA) is 65.5 Å². The molecular weight excluding hydrogens is 442 g/mol. The van der Waals surface area contributed by atoms with Crippen LogP contribution in [0.2, 0.25) is 5.02 Å². The summed E-state index contributed by atoms with van der Waals surface area (Å²) in [6, 6.07) is 10.5. The van der Waals surface area contributed by atoms with Gasteiger partial charge in [0.15, 0.2) is 0 Å². The van der Waals surface area contributed by atoms with Crippen LogP contribution in [-0.4, -0.2) is 45.3 Å². The number of nitrogens with one attached hydrogen (secondary N) is 1. The molecule has 0 radical (unpaired) electrons. The van der Waals surface area contributed by atoms with Gasteiger partial charge in [-0.15, -0.1) is 0 Å². The predicted octanol–water partition coefficient (Wildman–Crippen LogP) is 4.36. The van der Waals surface area contributed by atoms with Crippen molar-refractivity contribution in [2.45, 2.75) is 54.9 Å². The third kappa shape index (κ3) is 3.46. The van der Waals surface area contributed by atoms with Gasteiger partial charge in [0.25, 0.3) is 0 Å². The molecule has 3 atom stereocenters. The van der Waals surface area contributed by atoms with Crippen molar-refractivity contribution in [1.82, 2.24) is 4.98 Å². The van der Waals surface area contributed by atoms with E-state index in [0.717, 1.165) is 65.9 Å². The molecule has 3 unspecified atom stereocenters. The van der Waals surface area contributed by atoms with E-state index in [-0.39, 0.29) is 12.1 Å². The molecular formula is C25H30ClN3O2S. The number of halogens is 1. The van der Waals surface area contributed by atoms with E-state index < -0.39 is 10.8 Å². The van der Waals surface area contributed by atoms with Gasteiger partial charge in [-0.1, -0.05) is 23.7 Å². The third-order valence-electron chi connectivity index (χ3n) is 8.21. The van der Waals surface area contributed by atoms with Crippen LogP contribution in [0.25, 0.3) is 0 Å². The first-order chi connectivity index (χ1) is 15.5. The van der Waals surface area contributed by atoms with E-state index in [1.165, 1.54) is 18.4 Å². The lowest BCUT2D eigenvalue weighted by Gasteiger charge is -2.43. The number of piperidine rings is 1. The minimum absolute atomic E-state index is 0.114. The van der Waals surface area contributed by atoms with Crippen molar-refractivity contribution in [1.29, 1.82) is 0 Å². The number of nitrogens with zero attached hydrogens (tertiary/aromatic N) is 2. The highest BCUT2D eigenvalue weighted by Gasteiger charge is 2.44. The number of fused-ring (bicyclic) bond motifs is 3. The van der Waals surface area contributed by atoms with Gasteiger partial charge in [-0.3, -0.25) is 4.21 Å². The van der Waals surface area contributed by atoms with Gasteiger partial charge in [-0.2, -0.15) is 0 Å². The van der Waals surface area contributed by atoms with E-state index in [0.29, 0.717) is 23.5 Å². The molecule has 2 saturated carbocycles. The molecule has 2 N–H and O–H groups in total. The quantitative estimate of drug-likeness (QED) is 0.678. The Balaban J connectivity index is 1.30. The second kappa shape index (κ2) is 8.00. The monoisotopic (exact) mass is 471 g/mol. The second-order valence-electron chi connectivity index (χ2n) is 10.1. The van der Waals surface area contributed by atoms with Gasteiger partial charge in [0.2, 0.25) is 0 Å². The van der Waals surface area contributed by atoms with E-state index in [2.05, 4.69) is 28.4 Å². The van der Waals surface area contributed by atoms with E-state index in [9.17, 15) is 9.32 Å². The number of anilines is 2. The zero-order chi connectivity index (χ0) is 21.9. The smallest absolute Gasteiger partial charge is 0.130 e. The fraction of sp³-hybridized carbons (Fsp3) is 0.560. The summed E-state index contributed by atoms with van der Waals surface area (Å²) in [5.74, 6) is 3.48. The fourth-order valence-corrected chi connectivity index (χ4v) is 7.87. The number of aryl methyl sites for hydroxylation is 1. The summed E-state index contributed by atoms with van der Waals surface area (Å²) < 4.78 is 12.7. The van der Waals surface area contributed by atoms with E-state index in [4.69, 9.17) is 16.6 Å². The maximum atomic E-state index is 12.7. The van der Waals surface area contributed by atoms with E-state index in [1.54, 1.807) is 0 Å². The molecule has 7 heteroatoms. The zero-order valence-corrected chi connectivity index (χ0v) is 19.8. The molecule has 3 fully saturated rings. The van der Waals surface area contributed by atoms with Crippen LogP contribution in [0.1, 0.15) is 49.3 Å². The molecule has 6 rings (SSSR count). The van der Waals surface area contributed by atoms with Crippen LogP contribution in [0.3, 0.4) is 0 Å². The van der Waals surface area contributed by atoms with Crippen molar-refractivity contribution < 1.29 is 9.32 Å². The molecule has 2 aromatic rings. The Morgan fingerprint density at radius 3 is 2.53 bits per heavy atom. The Bertz CT molecular complexity index is 1040. The Labute approximate surface area is 197 Å². The molecule has 1 aromatic heterocycles. The summed E-state index contributed by atoms with van der Waals surface area (Å²) >= 11 is 6.12. The molecule has 170 valence electrons. The Morgan fingerprint density at radius 1 is 1.19 bits per heavy atom. The minimum atomic E-state index is -1.01. The molecule has 32 heavy (non-hydrogen) atoms. The molecule has 0 spiro atoms. The number of pyridine rings is 1. The van der Waals surface area contributed by atoms with Crippen molar-refractivity contribution in [2.75, 3.05) is 35.7 Å². The van der Waals surface area contributed by atoms with Crippen LogP contribution in [0.15, 0.2) is 35.2 Å². The standard InChI is InChI=1S/C25H30ClN3O2S/c26-19-6-4-16(5-7-19)23-17-2-3-18(23)14-29(13-17)22-12-21(28-25(15-30)9-1-10-25)24-20(27-22)8-11-32(24)31/h4-7,12,17-18,23,30H,1-3,8-11,13-15H2,(H,27,28). The van der Waals surface area contributed by atoms with Crippen LogP contribution in [0.4, 0.5) is 11.5 Å². The number of hydrogen-bond donors (Lipinski definition) is 2. The molecule has 2 aliphatic carbocycles. The highest BCUT2D eigenvalue weighted by Crippen LogP contribution is 2.49. The predicted molar refractivity (Wildman–Crippen MR) is 129 cm³/mol. The fourth-order valence-electron chi connectivity index (χ4n) is 6.39. The largest absolute Gasteiger partial charge is 0.394 e. The number of aliphatic hydroxyl groups excluding tert-OH is 1. The van der Waals surface area contributed by atoms with Crippen molar-refractivity contribution in [3.63, 3.8) is 0 Å². The number of hydrogen-bond acceptors (Lipinski definition) is 5. The van der Waals surface area contributed by atoms with Crippen molar-refractivity contribution in [3.8, 4) is 0 Å². The summed E-state index contributed by atoms with van der Waals surface area (Å²) in [6.45, 7) is 2.12. The van der Waals surface area contributed by atoms with Crippen LogP contribution in [0, 0.1) is 11.8 Å². The summed E-state index contributed by atoms with van der Waals surface area (Å²) in [4.78, 5) is 8.33. The second-order valence-corrected chi connectivity index (χ2v) is 12.0. The van der Waals surface area contributed by atoms with E-state index >= 15 is 0 Å². The molecule has 1 aromatic carbocycles. The first kappa shape index (κ1) is 20.9. The number of rotatable bonds is 5. The van der Waals surface area contributed by atoms with Crippen LogP contribution < -0.4 is 10.2 Å². The molecule has 0 amide bonds. The van der Waals surface area contributed by atoms with Gasteiger partial charge in [0, 0.05) is 36.4 Å². The summed E-state index contributed by atoms with van der Waals surface area (Å²) in [7, 11) is -1.01. The summed E-state index contributed by atoms with van der Waals surface area (Å²) in [5.41, 5.74) is 3.06. The summed E-state index contributed by atoms with van der Waals surface area (Å²) in [6.07, 6.45) is 6.31.